The summed E-state index contributed by atoms with van der Waals surface area (Å²) >= 11 is 0. The van der Waals surface area contributed by atoms with Gasteiger partial charge in [-0.25, -0.2) is 16.8 Å². The van der Waals surface area contributed by atoms with Gasteiger partial charge in [0.2, 0.25) is 0 Å². The lowest BCUT2D eigenvalue weighted by Gasteiger charge is -2.14. The Hall–Kier alpha value is -1.86. The third-order valence-electron chi connectivity index (χ3n) is 3.17. The van der Waals surface area contributed by atoms with Crippen molar-refractivity contribution >= 4 is 25.5 Å². The van der Waals surface area contributed by atoms with Gasteiger partial charge < -0.3 is 0 Å². The minimum atomic E-state index is -3.86. The van der Waals surface area contributed by atoms with Crippen LogP contribution >= 0.6 is 0 Å². The molecule has 2 rings (SSSR count). The van der Waals surface area contributed by atoms with Crippen LogP contribution in [0.15, 0.2) is 52.3 Å². The van der Waals surface area contributed by atoms with Crippen molar-refractivity contribution in [3.8, 4) is 0 Å². The smallest absolute Gasteiger partial charge is 0.262 e. The summed E-state index contributed by atoms with van der Waals surface area (Å²) in [5.74, 6) is 0. The molecule has 0 bridgehead atoms. The Labute approximate surface area is 131 Å². The fourth-order valence-corrected chi connectivity index (χ4v) is 4.71. The lowest BCUT2D eigenvalue weighted by Crippen LogP contribution is -2.16. The summed E-state index contributed by atoms with van der Waals surface area (Å²) in [6, 6.07) is 11.4. The molecule has 0 unspecified atom stereocenters. The molecule has 0 radical (unpaired) electrons. The maximum atomic E-state index is 12.5. The zero-order valence-corrected chi connectivity index (χ0v) is 14.1. The van der Waals surface area contributed by atoms with Crippen molar-refractivity contribution in [2.75, 3.05) is 11.0 Å². The van der Waals surface area contributed by atoms with Crippen LogP contribution in [0.2, 0.25) is 0 Å². The minimum Gasteiger partial charge on any atom is -0.280 e. The summed E-state index contributed by atoms with van der Waals surface area (Å²) in [4.78, 5) is -0.00212. The molecule has 118 valence electrons. The maximum absolute atomic E-state index is 12.5. The predicted molar refractivity (Wildman–Crippen MR) is 86.3 cm³/mol. The molecular formula is C15H17NO4S2. The third kappa shape index (κ3) is 3.48. The third-order valence-corrected chi connectivity index (χ3v) is 5.90. The van der Waals surface area contributed by atoms with Crippen LogP contribution in [-0.4, -0.2) is 23.1 Å². The second-order valence-electron chi connectivity index (χ2n) is 5.13. The summed E-state index contributed by atoms with van der Waals surface area (Å²) in [7, 11) is -7.37. The molecule has 2 aromatic carbocycles. The normalized spacial score (nSPS) is 12.1. The summed E-state index contributed by atoms with van der Waals surface area (Å²) in [5, 5.41) is 0. The number of rotatable bonds is 4. The first-order valence-electron chi connectivity index (χ1n) is 6.50. The van der Waals surface area contributed by atoms with Gasteiger partial charge in [-0.2, -0.15) is 0 Å². The van der Waals surface area contributed by atoms with Crippen LogP contribution in [0.5, 0.6) is 0 Å². The van der Waals surface area contributed by atoms with E-state index in [2.05, 4.69) is 4.72 Å². The quantitative estimate of drug-likeness (QED) is 0.928. The van der Waals surface area contributed by atoms with Gasteiger partial charge in [0.1, 0.15) is 0 Å². The van der Waals surface area contributed by atoms with Crippen molar-refractivity contribution in [3.05, 3.63) is 53.6 Å². The molecule has 0 saturated heterocycles. The first-order valence-corrected chi connectivity index (χ1v) is 9.88. The number of hydrogen-bond donors (Lipinski definition) is 1. The summed E-state index contributed by atoms with van der Waals surface area (Å²) < 4.78 is 51.2. The second-order valence-corrected chi connectivity index (χ2v) is 8.76. The van der Waals surface area contributed by atoms with Crippen LogP contribution in [-0.2, 0) is 19.9 Å². The molecule has 5 nitrogen and oxygen atoms in total. The van der Waals surface area contributed by atoms with Crippen molar-refractivity contribution in [1.29, 1.82) is 0 Å². The molecule has 0 amide bonds. The lowest BCUT2D eigenvalue weighted by atomic mass is 10.2. The number of para-hydroxylation sites is 1. The molecule has 0 spiro atoms. The van der Waals surface area contributed by atoms with Crippen molar-refractivity contribution in [2.24, 2.45) is 0 Å². The maximum Gasteiger partial charge on any atom is 0.262 e. The van der Waals surface area contributed by atoms with E-state index in [1.807, 2.05) is 0 Å². The number of sulfonamides is 1. The van der Waals surface area contributed by atoms with E-state index < -0.39 is 19.9 Å². The van der Waals surface area contributed by atoms with Gasteiger partial charge in [-0.1, -0.05) is 18.2 Å². The summed E-state index contributed by atoms with van der Waals surface area (Å²) in [6.07, 6.45) is 1.07. The van der Waals surface area contributed by atoms with E-state index in [1.165, 1.54) is 19.1 Å². The molecule has 0 atom stereocenters. The fraction of sp³-hybridized carbons (Fsp3) is 0.200. The zero-order valence-electron chi connectivity index (χ0n) is 12.5. The standard InChI is InChI=1S/C15H17NO4S2/c1-11-9-14(21(3,17)18)12(2)15(10-11)22(19,20)16-13-7-5-4-6-8-13/h4-10,16H,1-3H3. The highest BCUT2D eigenvalue weighted by Crippen LogP contribution is 2.26. The molecule has 1 N–H and O–H groups in total. The van der Waals surface area contributed by atoms with Gasteiger partial charge in [0.05, 0.1) is 9.79 Å². The van der Waals surface area contributed by atoms with Crippen LogP contribution in [0.1, 0.15) is 11.1 Å². The van der Waals surface area contributed by atoms with Crippen molar-refractivity contribution < 1.29 is 16.8 Å². The number of nitrogens with one attached hydrogen (secondary N) is 1. The van der Waals surface area contributed by atoms with Gasteiger partial charge in [-0.15, -0.1) is 0 Å². The number of aryl methyl sites for hydroxylation is 1. The number of hydrogen-bond acceptors (Lipinski definition) is 4. The summed E-state index contributed by atoms with van der Waals surface area (Å²) in [5.41, 5.74) is 1.21. The number of anilines is 1. The lowest BCUT2D eigenvalue weighted by molar-refractivity contribution is 0.598. The Kier molecular flexibility index (Phi) is 4.30. The van der Waals surface area contributed by atoms with E-state index in [-0.39, 0.29) is 15.4 Å². The van der Waals surface area contributed by atoms with Gasteiger partial charge >= 0.3 is 0 Å². The van der Waals surface area contributed by atoms with Gasteiger partial charge in [0, 0.05) is 11.9 Å². The molecule has 0 aliphatic carbocycles. The highest BCUT2D eigenvalue weighted by Gasteiger charge is 2.23. The van der Waals surface area contributed by atoms with E-state index in [0.29, 0.717) is 11.3 Å². The van der Waals surface area contributed by atoms with Gasteiger partial charge in [0.15, 0.2) is 9.84 Å². The van der Waals surface area contributed by atoms with Gasteiger partial charge in [0.25, 0.3) is 10.0 Å². The van der Waals surface area contributed by atoms with E-state index in [0.717, 1.165) is 6.26 Å². The van der Waals surface area contributed by atoms with Crippen LogP contribution in [0.25, 0.3) is 0 Å². The SMILES string of the molecule is Cc1cc(S(C)(=O)=O)c(C)c(S(=O)(=O)Nc2ccccc2)c1. The Morgan fingerprint density at radius 2 is 1.41 bits per heavy atom. The fourth-order valence-electron chi connectivity index (χ4n) is 2.17. The van der Waals surface area contributed by atoms with Crippen LogP contribution in [0.3, 0.4) is 0 Å². The van der Waals surface area contributed by atoms with Crippen molar-refractivity contribution in [1.82, 2.24) is 0 Å². The molecule has 22 heavy (non-hydrogen) atoms. The van der Waals surface area contributed by atoms with Crippen molar-refractivity contribution in [3.63, 3.8) is 0 Å². The molecule has 0 aliphatic heterocycles. The Morgan fingerprint density at radius 3 is 1.95 bits per heavy atom. The molecule has 2 aromatic rings. The highest BCUT2D eigenvalue weighted by molar-refractivity contribution is 7.93. The molecule has 0 aromatic heterocycles. The monoisotopic (exact) mass is 339 g/mol. The average Bonchev–Trinajstić information content (AvgIpc) is 2.40. The van der Waals surface area contributed by atoms with Crippen molar-refractivity contribution in [2.45, 2.75) is 23.6 Å². The molecule has 0 aliphatic rings. The minimum absolute atomic E-state index is 0.0286. The van der Waals surface area contributed by atoms with Crippen LogP contribution < -0.4 is 4.72 Å². The Balaban J connectivity index is 2.59. The van der Waals surface area contributed by atoms with Crippen LogP contribution in [0.4, 0.5) is 5.69 Å². The average molecular weight is 339 g/mol. The first kappa shape index (κ1) is 16.5. The Morgan fingerprint density at radius 1 is 0.864 bits per heavy atom. The van der Waals surface area contributed by atoms with E-state index in [9.17, 15) is 16.8 Å². The molecule has 7 heteroatoms. The predicted octanol–water partition coefficient (Wildman–Crippen LogP) is 2.51. The van der Waals surface area contributed by atoms with Crippen LogP contribution in [0, 0.1) is 13.8 Å². The Bertz CT molecular complexity index is 902. The van der Waals surface area contributed by atoms with E-state index in [1.54, 1.807) is 37.3 Å². The van der Waals surface area contributed by atoms with Gasteiger partial charge in [-0.05, 0) is 49.2 Å². The molecule has 0 fully saturated rings. The molecule has 0 saturated carbocycles. The zero-order chi connectivity index (χ0) is 16.5. The van der Waals surface area contributed by atoms with E-state index >= 15 is 0 Å². The van der Waals surface area contributed by atoms with Gasteiger partial charge in [-0.3, -0.25) is 4.72 Å². The number of sulfone groups is 1. The second kappa shape index (κ2) is 5.73. The molecule has 0 heterocycles. The highest BCUT2D eigenvalue weighted by atomic mass is 32.2. The van der Waals surface area contributed by atoms with E-state index in [4.69, 9.17) is 0 Å². The topological polar surface area (TPSA) is 80.3 Å². The number of benzene rings is 2. The molecular weight excluding hydrogens is 322 g/mol. The summed E-state index contributed by atoms with van der Waals surface area (Å²) in [6.45, 7) is 3.16. The largest absolute Gasteiger partial charge is 0.280 e. The first-order chi connectivity index (χ1) is 10.1.